The van der Waals surface area contributed by atoms with E-state index in [1.54, 1.807) is 0 Å². The summed E-state index contributed by atoms with van der Waals surface area (Å²) in [7, 11) is 0. The molecule has 2 nitrogen and oxygen atoms in total. The van der Waals surface area contributed by atoms with E-state index < -0.39 is 0 Å². The van der Waals surface area contributed by atoms with Crippen molar-refractivity contribution in [3.05, 3.63) is 163 Å². The van der Waals surface area contributed by atoms with Gasteiger partial charge < -0.3 is 9.32 Å². The maximum absolute atomic E-state index is 6.18. The third kappa shape index (κ3) is 3.73. The molecule has 0 atom stereocenters. The molecular formula is C45H31NO. The molecule has 0 saturated carbocycles. The molecule has 1 heterocycles. The van der Waals surface area contributed by atoms with E-state index in [-0.39, 0.29) is 5.41 Å². The average molecular weight is 602 g/mol. The van der Waals surface area contributed by atoms with Crippen molar-refractivity contribution < 1.29 is 4.42 Å². The number of furan rings is 1. The van der Waals surface area contributed by atoms with Gasteiger partial charge in [-0.05, 0) is 115 Å². The molecule has 0 bridgehead atoms. The third-order valence-electron chi connectivity index (χ3n) is 10.4. The highest BCUT2D eigenvalue weighted by Crippen LogP contribution is 2.55. The van der Waals surface area contributed by atoms with Gasteiger partial charge in [-0.15, -0.1) is 0 Å². The summed E-state index contributed by atoms with van der Waals surface area (Å²) in [6, 6.07) is 55.1. The molecule has 10 rings (SSSR count). The second-order valence-corrected chi connectivity index (χ2v) is 13.3. The number of rotatable bonds is 3. The normalized spacial score (nSPS) is 13.5. The van der Waals surface area contributed by atoms with Crippen LogP contribution in [0.1, 0.15) is 25.0 Å². The van der Waals surface area contributed by atoms with Gasteiger partial charge >= 0.3 is 0 Å². The molecular weight excluding hydrogens is 571 g/mol. The Morgan fingerprint density at radius 2 is 1.06 bits per heavy atom. The Morgan fingerprint density at radius 1 is 0.447 bits per heavy atom. The Labute approximate surface area is 273 Å². The molecule has 0 amide bonds. The molecule has 0 radical (unpaired) electrons. The molecule has 8 aromatic carbocycles. The van der Waals surface area contributed by atoms with E-state index in [1.165, 1.54) is 54.6 Å². The second-order valence-electron chi connectivity index (χ2n) is 13.3. The van der Waals surface area contributed by atoms with Crippen molar-refractivity contribution in [1.82, 2.24) is 0 Å². The van der Waals surface area contributed by atoms with Gasteiger partial charge in [0.25, 0.3) is 0 Å². The fourth-order valence-corrected chi connectivity index (χ4v) is 8.23. The summed E-state index contributed by atoms with van der Waals surface area (Å²) in [5, 5.41) is 10.1. The minimum Gasteiger partial charge on any atom is -0.456 e. The largest absolute Gasteiger partial charge is 0.456 e. The quantitative estimate of drug-likeness (QED) is 0.187. The maximum atomic E-state index is 6.18. The maximum Gasteiger partial charge on any atom is 0.135 e. The van der Waals surface area contributed by atoms with Crippen molar-refractivity contribution in [2.24, 2.45) is 0 Å². The van der Waals surface area contributed by atoms with Crippen molar-refractivity contribution >= 4 is 71.3 Å². The lowest BCUT2D eigenvalue weighted by Crippen LogP contribution is -2.15. The molecule has 9 aromatic rings. The molecule has 0 N–H and O–H groups in total. The summed E-state index contributed by atoms with van der Waals surface area (Å²) in [5.41, 5.74) is 10.6. The van der Waals surface area contributed by atoms with E-state index in [0.717, 1.165) is 39.0 Å². The average Bonchev–Trinajstić information content (AvgIpc) is 3.59. The minimum atomic E-state index is -0.148. The van der Waals surface area contributed by atoms with E-state index in [9.17, 15) is 0 Å². The summed E-state index contributed by atoms with van der Waals surface area (Å²) in [5.74, 6) is 0. The number of anilines is 3. The summed E-state index contributed by atoms with van der Waals surface area (Å²) in [4.78, 5) is 2.36. The van der Waals surface area contributed by atoms with Gasteiger partial charge in [0.05, 0.1) is 0 Å². The van der Waals surface area contributed by atoms with Crippen LogP contribution in [0.3, 0.4) is 0 Å². The Hall–Kier alpha value is -5.86. The predicted molar refractivity (Wildman–Crippen MR) is 198 cm³/mol. The zero-order valence-electron chi connectivity index (χ0n) is 26.3. The highest BCUT2D eigenvalue weighted by molar-refractivity contribution is 6.19. The van der Waals surface area contributed by atoms with Crippen LogP contribution >= 0.6 is 0 Å². The first-order valence-corrected chi connectivity index (χ1v) is 16.4. The molecule has 222 valence electrons. The molecule has 1 aliphatic rings. The van der Waals surface area contributed by atoms with Gasteiger partial charge in [0.15, 0.2) is 0 Å². The molecule has 0 aliphatic heterocycles. The standard InChI is InChI=1S/C45H31NO/c1-45(2)40-26-29-24-31(46(30-12-4-3-5-13-30)32-22-23-42-38(27-32)35-16-10-11-19-41(35)47-42)21-20-28(29)25-39(40)43-36-17-8-6-14-33(36)34-15-7-9-18-37(34)44(43)45/h3-27H,1-2H3. The highest BCUT2D eigenvalue weighted by atomic mass is 16.3. The molecule has 1 aromatic heterocycles. The fourth-order valence-electron chi connectivity index (χ4n) is 8.23. The Kier molecular flexibility index (Phi) is 5.37. The van der Waals surface area contributed by atoms with Crippen LogP contribution < -0.4 is 4.90 Å². The number of hydrogen-bond donors (Lipinski definition) is 0. The summed E-state index contributed by atoms with van der Waals surface area (Å²) in [6.45, 7) is 4.80. The van der Waals surface area contributed by atoms with E-state index in [4.69, 9.17) is 4.42 Å². The first-order valence-electron chi connectivity index (χ1n) is 16.4. The van der Waals surface area contributed by atoms with Gasteiger partial charge in [-0.2, -0.15) is 0 Å². The first kappa shape index (κ1) is 26.4. The van der Waals surface area contributed by atoms with Crippen LogP contribution in [-0.2, 0) is 5.41 Å². The molecule has 0 fully saturated rings. The van der Waals surface area contributed by atoms with Crippen LogP contribution in [0.4, 0.5) is 17.1 Å². The Balaban J connectivity index is 1.19. The van der Waals surface area contributed by atoms with Crippen molar-refractivity contribution in [2.75, 3.05) is 4.90 Å². The molecule has 1 aliphatic carbocycles. The van der Waals surface area contributed by atoms with Crippen LogP contribution in [-0.4, -0.2) is 0 Å². The summed E-state index contributed by atoms with van der Waals surface area (Å²) in [6.07, 6.45) is 0. The zero-order chi connectivity index (χ0) is 31.3. The third-order valence-corrected chi connectivity index (χ3v) is 10.4. The Morgan fingerprint density at radius 3 is 1.87 bits per heavy atom. The van der Waals surface area contributed by atoms with E-state index in [0.29, 0.717) is 0 Å². The molecule has 2 heteroatoms. The van der Waals surface area contributed by atoms with Gasteiger partial charge in [0.2, 0.25) is 0 Å². The lowest BCUT2D eigenvalue weighted by atomic mass is 9.79. The van der Waals surface area contributed by atoms with Gasteiger partial charge in [-0.25, -0.2) is 0 Å². The van der Waals surface area contributed by atoms with Crippen molar-refractivity contribution in [3.63, 3.8) is 0 Å². The number of benzene rings is 8. The van der Waals surface area contributed by atoms with Crippen LogP contribution in [0, 0.1) is 0 Å². The van der Waals surface area contributed by atoms with Gasteiger partial charge in [0, 0.05) is 33.2 Å². The van der Waals surface area contributed by atoms with Crippen LogP contribution in [0.15, 0.2) is 156 Å². The summed E-state index contributed by atoms with van der Waals surface area (Å²) >= 11 is 0. The van der Waals surface area contributed by atoms with Crippen LogP contribution in [0.2, 0.25) is 0 Å². The van der Waals surface area contributed by atoms with Crippen molar-refractivity contribution in [1.29, 1.82) is 0 Å². The molecule has 0 spiro atoms. The van der Waals surface area contributed by atoms with E-state index >= 15 is 0 Å². The number of nitrogens with zero attached hydrogens (tertiary/aromatic N) is 1. The number of hydrogen-bond acceptors (Lipinski definition) is 2. The monoisotopic (exact) mass is 601 g/mol. The van der Waals surface area contributed by atoms with Gasteiger partial charge in [-0.1, -0.05) is 105 Å². The number of para-hydroxylation sites is 2. The second kappa shape index (κ2) is 9.57. The van der Waals surface area contributed by atoms with Crippen molar-refractivity contribution in [2.45, 2.75) is 19.3 Å². The minimum absolute atomic E-state index is 0.148. The lowest BCUT2D eigenvalue weighted by molar-refractivity contribution is 0.667. The summed E-state index contributed by atoms with van der Waals surface area (Å²) < 4.78 is 6.18. The van der Waals surface area contributed by atoms with Gasteiger partial charge in [-0.3, -0.25) is 0 Å². The molecule has 0 saturated heterocycles. The van der Waals surface area contributed by atoms with Gasteiger partial charge in [0.1, 0.15) is 11.2 Å². The van der Waals surface area contributed by atoms with Crippen molar-refractivity contribution in [3.8, 4) is 11.1 Å². The topological polar surface area (TPSA) is 16.4 Å². The lowest BCUT2D eigenvalue weighted by Gasteiger charge is -2.26. The smallest absolute Gasteiger partial charge is 0.135 e. The highest BCUT2D eigenvalue weighted by Gasteiger charge is 2.38. The number of fused-ring (bicyclic) bond motifs is 12. The first-order chi connectivity index (χ1) is 23.1. The van der Waals surface area contributed by atoms with Crippen LogP contribution in [0.5, 0.6) is 0 Å². The zero-order valence-corrected chi connectivity index (χ0v) is 26.3. The Bertz CT molecular complexity index is 2720. The predicted octanol–water partition coefficient (Wildman–Crippen LogP) is 12.8. The SMILES string of the molecule is CC1(C)c2cc3cc(N(c4ccccc4)c4ccc5oc6ccccc6c5c4)ccc3cc2-c2c1c1ccccc1c1ccccc21. The van der Waals surface area contributed by atoms with E-state index in [2.05, 4.69) is 158 Å². The fraction of sp³-hybridized carbons (Fsp3) is 0.0667. The molecule has 0 unspecified atom stereocenters. The van der Waals surface area contributed by atoms with Crippen LogP contribution in [0.25, 0.3) is 65.4 Å². The van der Waals surface area contributed by atoms with E-state index in [1.807, 2.05) is 12.1 Å². The molecule has 47 heavy (non-hydrogen) atoms.